The molecule has 0 aromatic carbocycles. The van der Waals surface area contributed by atoms with E-state index in [0.29, 0.717) is 0 Å². The minimum atomic E-state index is -0.0373. The van der Waals surface area contributed by atoms with Gasteiger partial charge in [0.2, 0.25) is 0 Å². The first-order chi connectivity index (χ1) is 8.56. The fourth-order valence-electron chi connectivity index (χ4n) is 1.63. The van der Waals surface area contributed by atoms with Gasteiger partial charge in [-0.3, -0.25) is 0 Å². The van der Waals surface area contributed by atoms with E-state index in [2.05, 4.69) is 9.97 Å². The molecular weight excluding hydrogens is 246 g/mol. The molecule has 2 rings (SSSR count). The monoisotopic (exact) mass is 263 g/mol. The predicted octanol–water partition coefficient (Wildman–Crippen LogP) is 2.87. The van der Waals surface area contributed by atoms with Gasteiger partial charge in [-0.15, -0.1) is 0 Å². The summed E-state index contributed by atoms with van der Waals surface area (Å²) in [5.74, 6) is 1.76. The van der Waals surface area contributed by atoms with Crippen LogP contribution in [-0.4, -0.2) is 16.0 Å². The molecule has 0 aliphatic rings. The summed E-state index contributed by atoms with van der Waals surface area (Å²) in [5.41, 5.74) is 6.98. The zero-order chi connectivity index (χ0) is 13.1. The standard InChI is InChI=1S/C13H17N3OS/c1-8-6-7-15-13(16-8)18-12(10(3)14)11-5-4-9(2)17-11/h4-7,10,12H,14H2,1-3H3. The highest BCUT2D eigenvalue weighted by Crippen LogP contribution is 2.36. The average molecular weight is 263 g/mol. The second-order valence-corrected chi connectivity index (χ2v) is 5.44. The van der Waals surface area contributed by atoms with Crippen LogP contribution >= 0.6 is 11.8 Å². The van der Waals surface area contributed by atoms with Crippen molar-refractivity contribution in [1.29, 1.82) is 0 Å². The Kier molecular flexibility index (Phi) is 4.04. The number of thioether (sulfide) groups is 1. The van der Waals surface area contributed by atoms with Crippen molar-refractivity contribution in [3.8, 4) is 0 Å². The lowest BCUT2D eigenvalue weighted by atomic mass is 10.2. The van der Waals surface area contributed by atoms with Crippen LogP contribution in [0, 0.1) is 13.8 Å². The summed E-state index contributed by atoms with van der Waals surface area (Å²) in [5, 5.41) is 0.756. The number of rotatable bonds is 4. The van der Waals surface area contributed by atoms with E-state index in [1.54, 1.807) is 6.20 Å². The zero-order valence-corrected chi connectivity index (χ0v) is 11.6. The van der Waals surface area contributed by atoms with Gasteiger partial charge < -0.3 is 10.2 Å². The molecule has 5 heteroatoms. The van der Waals surface area contributed by atoms with Crippen molar-refractivity contribution >= 4 is 11.8 Å². The molecule has 0 aliphatic carbocycles. The lowest BCUT2D eigenvalue weighted by Gasteiger charge is -2.17. The van der Waals surface area contributed by atoms with Crippen molar-refractivity contribution in [2.75, 3.05) is 0 Å². The fourth-order valence-corrected chi connectivity index (χ4v) is 2.63. The van der Waals surface area contributed by atoms with Gasteiger partial charge in [-0.2, -0.15) is 0 Å². The van der Waals surface area contributed by atoms with Gasteiger partial charge in [-0.25, -0.2) is 9.97 Å². The molecule has 2 aromatic heterocycles. The van der Waals surface area contributed by atoms with E-state index in [0.717, 1.165) is 22.4 Å². The summed E-state index contributed by atoms with van der Waals surface area (Å²) in [6.45, 7) is 5.84. The molecule has 2 unspecified atom stereocenters. The number of aryl methyl sites for hydroxylation is 2. The molecular formula is C13H17N3OS. The highest BCUT2D eigenvalue weighted by Gasteiger charge is 2.22. The van der Waals surface area contributed by atoms with Crippen molar-refractivity contribution in [3.63, 3.8) is 0 Å². The first-order valence-electron chi connectivity index (χ1n) is 5.84. The van der Waals surface area contributed by atoms with Crippen LogP contribution in [0.1, 0.15) is 29.4 Å². The second kappa shape index (κ2) is 5.54. The van der Waals surface area contributed by atoms with Crippen molar-refractivity contribution in [2.45, 2.75) is 37.2 Å². The molecule has 0 aliphatic heterocycles. The van der Waals surface area contributed by atoms with Crippen molar-refractivity contribution < 1.29 is 4.42 Å². The predicted molar refractivity (Wildman–Crippen MR) is 72.5 cm³/mol. The lowest BCUT2D eigenvalue weighted by Crippen LogP contribution is -2.22. The summed E-state index contributed by atoms with van der Waals surface area (Å²) in [6, 6.07) is 5.75. The third kappa shape index (κ3) is 3.11. The number of nitrogens with zero attached hydrogens (tertiary/aromatic N) is 2. The molecule has 4 nitrogen and oxygen atoms in total. The zero-order valence-electron chi connectivity index (χ0n) is 10.8. The van der Waals surface area contributed by atoms with E-state index in [4.69, 9.17) is 10.2 Å². The Morgan fingerprint density at radius 2 is 2.06 bits per heavy atom. The SMILES string of the molecule is Cc1ccnc(SC(c2ccc(C)o2)C(C)N)n1. The van der Waals surface area contributed by atoms with Gasteiger partial charge in [-0.05, 0) is 39.0 Å². The normalized spacial score (nSPS) is 14.4. The molecule has 2 N–H and O–H groups in total. The molecule has 0 bridgehead atoms. The number of nitrogens with two attached hydrogens (primary N) is 1. The summed E-state index contributed by atoms with van der Waals surface area (Å²) < 4.78 is 5.65. The van der Waals surface area contributed by atoms with E-state index >= 15 is 0 Å². The van der Waals surface area contributed by atoms with Gasteiger partial charge in [0.15, 0.2) is 5.16 Å². The summed E-state index contributed by atoms with van der Waals surface area (Å²) in [7, 11) is 0. The van der Waals surface area contributed by atoms with Crippen LogP contribution in [-0.2, 0) is 0 Å². The Morgan fingerprint density at radius 3 is 2.61 bits per heavy atom. The molecule has 18 heavy (non-hydrogen) atoms. The van der Waals surface area contributed by atoms with E-state index in [-0.39, 0.29) is 11.3 Å². The molecule has 0 fully saturated rings. The molecule has 0 saturated heterocycles. The maximum absolute atomic E-state index is 6.03. The van der Waals surface area contributed by atoms with Gasteiger partial charge >= 0.3 is 0 Å². The lowest BCUT2D eigenvalue weighted by molar-refractivity contribution is 0.464. The van der Waals surface area contributed by atoms with E-state index < -0.39 is 0 Å². The summed E-state index contributed by atoms with van der Waals surface area (Å²) >= 11 is 1.54. The smallest absolute Gasteiger partial charge is 0.188 e. The Hall–Kier alpha value is -1.33. The van der Waals surface area contributed by atoms with Crippen LogP contribution in [0.5, 0.6) is 0 Å². The fraction of sp³-hybridized carbons (Fsp3) is 0.385. The highest BCUT2D eigenvalue weighted by molar-refractivity contribution is 7.99. The van der Waals surface area contributed by atoms with Gasteiger partial charge in [0.25, 0.3) is 0 Å². The Morgan fingerprint density at radius 1 is 1.28 bits per heavy atom. The van der Waals surface area contributed by atoms with Gasteiger partial charge in [-0.1, -0.05) is 11.8 Å². The van der Waals surface area contributed by atoms with Crippen molar-refractivity contribution in [1.82, 2.24) is 9.97 Å². The quantitative estimate of drug-likeness (QED) is 0.678. The molecule has 2 aromatic rings. The molecule has 2 heterocycles. The molecule has 0 spiro atoms. The van der Waals surface area contributed by atoms with Crippen LogP contribution in [0.15, 0.2) is 34.0 Å². The Balaban J connectivity index is 2.22. The van der Waals surface area contributed by atoms with Crippen LogP contribution in [0.2, 0.25) is 0 Å². The largest absolute Gasteiger partial charge is 0.465 e. The van der Waals surface area contributed by atoms with E-state index in [1.165, 1.54) is 11.8 Å². The number of hydrogen-bond donors (Lipinski definition) is 1. The number of furan rings is 1. The third-order valence-corrected chi connectivity index (χ3v) is 3.85. The van der Waals surface area contributed by atoms with Gasteiger partial charge in [0.05, 0.1) is 5.25 Å². The Bertz CT molecular complexity index is 524. The van der Waals surface area contributed by atoms with Crippen molar-refractivity contribution in [3.05, 3.63) is 41.6 Å². The summed E-state index contributed by atoms with van der Waals surface area (Å²) in [4.78, 5) is 8.63. The molecule has 2 atom stereocenters. The van der Waals surface area contributed by atoms with Gasteiger partial charge in [0, 0.05) is 17.9 Å². The maximum atomic E-state index is 6.03. The Labute approximate surface area is 111 Å². The van der Waals surface area contributed by atoms with Gasteiger partial charge in [0.1, 0.15) is 11.5 Å². The summed E-state index contributed by atoms with van der Waals surface area (Å²) in [6.07, 6.45) is 1.76. The van der Waals surface area contributed by atoms with E-state index in [9.17, 15) is 0 Å². The molecule has 0 radical (unpaired) electrons. The molecule has 0 amide bonds. The topological polar surface area (TPSA) is 64.9 Å². The third-order valence-electron chi connectivity index (χ3n) is 2.52. The van der Waals surface area contributed by atoms with Crippen molar-refractivity contribution in [2.24, 2.45) is 5.73 Å². The van der Waals surface area contributed by atoms with Crippen LogP contribution < -0.4 is 5.73 Å². The molecule has 96 valence electrons. The highest BCUT2D eigenvalue weighted by atomic mass is 32.2. The first-order valence-corrected chi connectivity index (χ1v) is 6.72. The van der Waals surface area contributed by atoms with Crippen LogP contribution in [0.25, 0.3) is 0 Å². The van der Waals surface area contributed by atoms with Crippen LogP contribution in [0.3, 0.4) is 0 Å². The maximum Gasteiger partial charge on any atom is 0.188 e. The number of hydrogen-bond acceptors (Lipinski definition) is 5. The minimum absolute atomic E-state index is 0.0282. The van der Waals surface area contributed by atoms with E-state index in [1.807, 2.05) is 39.0 Å². The first kappa shape index (κ1) is 13.1. The molecule has 0 saturated carbocycles. The minimum Gasteiger partial charge on any atom is -0.465 e. The average Bonchev–Trinajstić information content (AvgIpc) is 2.72. The second-order valence-electron chi connectivity index (χ2n) is 4.33. The number of aromatic nitrogens is 2. The van der Waals surface area contributed by atoms with Crippen LogP contribution in [0.4, 0.5) is 0 Å².